The molecule has 0 saturated heterocycles. The van der Waals surface area contributed by atoms with Gasteiger partial charge in [-0.2, -0.15) is 0 Å². The van der Waals surface area contributed by atoms with Crippen LogP contribution in [0.3, 0.4) is 0 Å². The van der Waals surface area contributed by atoms with E-state index in [0.29, 0.717) is 12.0 Å². The third kappa shape index (κ3) is 1.84. The van der Waals surface area contributed by atoms with E-state index in [9.17, 15) is 14.4 Å². The van der Waals surface area contributed by atoms with Gasteiger partial charge in [0.05, 0.1) is 12.8 Å². The molecule has 0 aliphatic carbocycles. The Hall–Kier alpha value is -2.63. The Balaban J connectivity index is 2.65. The summed E-state index contributed by atoms with van der Waals surface area (Å²) in [6, 6.07) is 8.61. The van der Waals surface area contributed by atoms with Gasteiger partial charge in [0.25, 0.3) is 5.56 Å². The lowest BCUT2D eigenvalue weighted by molar-refractivity contribution is 0.0591. The van der Waals surface area contributed by atoms with Gasteiger partial charge in [-0.05, 0) is 12.1 Å². The van der Waals surface area contributed by atoms with Crippen molar-refractivity contribution in [3.63, 3.8) is 0 Å². The van der Waals surface area contributed by atoms with E-state index < -0.39 is 11.5 Å². The number of aromatic amines is 1. The molecule has 0 saturated carbocycles. The van der Waals surface area contributed by atoms with Crippen LogP contribution in [-0.2, 0) is 4.74 Å². The van der Waals surface area contributed by atoms with Gasteiger partial charge in [-0.15, -0.1) is 0 Å². The summed E-state index contributed by atoms with van der Waals surface area (Å²) in [5.41, 5.74) is -0.454. The van der Waals surface area contributed by atoms with Crippen LogP contribution in [0.25, 0.3) is 5.69 Å². The van der Waals surface area contributed by atoms with Gasteiger partial charge < -0.3 is 4.74 Å². The summed E-state index contributed by atoms with van der Waals surface area (Å²) < 4.78 is 5.62. The van der Waals surface area contributed by atoms with Gasteiger partial charge in [-0.3, -0.25) is 14.7 Å². The molecule has 0 spiro atoms. The number of aldehydes is 1. The number of esters is 1. The molecule has 2 rings (SSSR count). The average Bonchev–Trinajstić information content (AvgIpc) is 2.75. The molecule has 92 valence electrons. The zero-order valence-corrected chi connectivity index (χ0v) is 9.54. The minimum absolute atomic E-state index is 0.152. The SMILES string of the molecule is COC(=O)c1[nH]n(-c2ccccc2)c(=O)c1C=O. The van der Waals surface area contributed by atoms with Crippen molar-refractivity contribution in [1.29, 1.82) is 0 Å². The predicted molar refractivity (Wildman–Crippen MR) is 63.1 cm³/mol. The van der Waals surface area contributed by atoms with E-state index >= 15 is 0 Å². The fraction of sp³-hybridized carbons (Fsp3) is 0.0833. The lowest BCUT2D eigenvalue weighted by Crippen LogP contribution is -2.17. The molecule has 0 bridgehead atoms. The van der Waals surface area contributed by atoms with Crippen LogP contribution in [-0.4, -0.2) is 29.1 Å². The topological polar surface area (TPSA) is 81.2 Å². The maximum Gasteiger partial charge on any atom is 0.356 e. The van der Waals surface area contributed by atoms with Crippen LogP contribution >= 0.6 is 0 Å². The summed E-state index contributed by atoms with van der Waals surface area (Å²) in [6.07, 6.45) is 0.338. The van der Waals surface area contributed by atoms with Crippen molar-refractivity contribution in [2.75, 3.05) is 7.11 Å². The minimum Gasteiger partial charge on any atom is -0.464 e. The molecule has 0 atom stereocenters. The van der Waals surface area contributed by atoms with Crippen LogP contribution in [0, 0.1) is 0 Å². The molecule has 0 fully saturated rings. The summed E-state index contributed by atoms with van der Waals surface area (Å²) in [6.45, 7) is 0. The van der Waals surface area contributed by atoms with Gasteiger partial charge in [-0.25, -0.2) is 9.48 Å². The van der Waals surface area contributed by atoms with Gasteiger partial charge in [0, 0.05) is 0 Å². The van der Waals surface area contributed by atoms with Gasteiger partial charge >= 0.3 is 5.97 Å². The standard InChI is InChI=1S/C12H10N2O4/c1-18-12(17)10-9(7-15)11(16)14(13-10)8-5-3-2-4-6-8/h2-7,13H,1H3. The monoisotopic (exact) mass is 246 g/mol. The fourth-order valence-electron chi connectivity index (χ4n) is 1.58. The second-order valence-electron chi connectivity index (χ2n) is 3.49. The van der Waals surface area contributed by atoms with E-state index in [-0.39, 0.29) is 11.3 Å². The minimum atomic E-state index is -0.760. The van der Waals surface area contributed by atoms with Crippen molar-refractivity contribution in [3.8, 4) is 5.69 Å². The summed E-state index contributed by atoms with van der Waals surface area (Å²) >= 11 is 0. The predicted octanol–water partition coefficient (Wildman–Crippen LogP) is 0.765. The molecule has 1 aromatic heterocycles. The Kier molecular flexibility index (Phi) is 3.09. The first-order valence-corrected chi connectivity index (χ1v) is 5.13. The third-order valence-electron chi connectivity index (χ3n) is 2.45. The van der Waals surface area contributed by atoms with Crippen molar-refractivity contribution in [1.82, 2.24) is 9.78 Å². The quantitative estimate of drug-likeness (QED) is 0.640. The number of carbonyl (C=O) groups excluding carboxylic acids is 2. The third-order valence-corrected chi connectivity index (χ3v) is 2.45. The Morgan fingerprint density at radius 1 is 1.33 bits per heavy atom. The molecule has 0 unspecified atom stereocenters. The molecular weight excluding hydrogens is 236 g/mol. The second-order valence-corrected chi connectivity index (χ2v) is 3.49. The summed E-state index contributed by atoms with van der Waals surface area (Å²) in [5.74, 6) is -0.760. The van der Waals surface area contributed by atoms with Crippen molar-refractivity contribution in [2.45, 2.75) is 0 Å². The number of rotatable bonds is 3. The highest BCUT2D eigenvalue weighted by atomic mass is 16.5. The molecule has 0 radical (unpaired) electrons. The van der Waals surface area contributed by atoms with Crippen LogP contribution in [0.15, 0.2) is 35.1 Å². The number of hydrogen-bond acceptors (Lipinski definition) is 4. The van der Waals surface area contributed by atoms with Crippen LogP contribution in [0.5, 0.6) is 0 Å². The molecule has 6 heteroatoms. The number of benzene rings is 1. The number of aromatic nitrogens is 2. The molecule has 18 heavy (non-hydrogen) atoms. The first-order chi connectivity index (χ1) is 8.69. The zero-order chi connectivity index (χ0) is 13.1. The number of H-pyrrole nitrogens is 1. The maximum atomic E-state index is 11.9. The van der Waals surface area contributed by atoms with Gasteiger partial charge in [0.1, 0.15) is 5.56 Å². The van der Waals surface area contributed by atoms with Crippen LogP contribution in [0.2, 0.25) is 0 Å². The van der Waals surface area contributed by atoms with E-state index in [1.165, 1.54) is 7.11 Å². The van der Waals surface area contributed by atoms with Crippen LogP contribution in [0.1, 0.15) is 20.8 Å². The number of carbonyl (C=O) groups is 2. The molecule has 2 aromatic rings. The molecule has 1 aromatic carbocycles. The normalized spacial score (nSPS) is 10.1. The van der Waals surface area contributed by atoms with E-state index in [0.717, 1.165) is 4.68 Å². The number of hydrogen-bond donors (Lipinski definition) is 1. The number of nitrogens with zero attached hydrogens (tertiary/aromatic N) is 1. The summed E-state index contributed by atoms with van der Waals surface area (Å²) in [7, 11) is 1.18. The second kappa shape index (κ2) is 4.70. The molecule has 0 aliphatic rings. The highest BCUT2D eigenvalue weighted by Crippen LogP contribution is 2.07. The lowest BCUT2D eigenvalue weighted by atomic mass is 10.2. The first-order valence-electron chi connectivity index (χ1n) is 5.13. The van der Waals surface area contributed by atoms with Crippen molar-refractivity contribution < 1.29 is 14.3 Å². The number of para-hydroxylation sites is 1. The van der Waals surface area contributed by atoms with Crippen molar-refractivity contribution >= 4 is 12.3 Å². The van der Waals surface area contributed by atoms with E-state index in [1.54, 1.807) is 30.3 Å². The van der Waals surface area contributed by atoms with Crippen molar-refractivity contribution in [2.24, 2.45) is 0 Å². The maximum absolute atomic E-state index is 11.9. The number of methoxy groups -OCH3 is 1. The average molecular weight is 246 g/mol. The summed E-state index contributed by atoms with van der Waals surface area (Å²) in [4.78, 5) is 34.2. The molecule has 0 aliphatic heterocycles. The van der Waals surface area contributed by atoms with Crippen molar-refractivity contribution in [3.05, 3.63) is 51.9 Å². The molecule has 0 amide bonds. The fourth-order valence-corrected chi connectivity index (χ4v) is 1.58. The Bertz CT molecular complexity index is 640. The van der Waals surface area contributed by atoms with Gasteiger partial charge in [0.2, 0.25) is 0 Å². The Morgan fingerprint density at radius 2 is 2.00 bits per heavy atom. The van der Waals surface area contributed by atoms with Gasteiger partial charge in [-0.1, -0.05) is 18.2 Å². The largest absolute Gasteiger partial charge is 0.464 e. The van der Waals surface area contributed by atoms with E-state index in [2.05, 4.69) is 9.84 Å². The first kappa shape index (κ1) is 11.8. The Labute approximate surface area is 102 Å². The molecule has 1 N–H and O–H groups in total. The van der Waals surface area contributed by atoms with Gasteiger partial charge in [0.15, 0.2) is 12.0 Å². The van der Waals surface area contributed by atoms with Crippen LogP contribution < -0.4 is 5.56 Å². The summed E-state index contributed by atoms with van der Waals surface area (Å²) in [5, 5.41) is 2.57. The lowest BCUT2D eigenvalue weighted by Gasteiger charge is -2.00. The molecule has 6 nitrogen and oxygen atoms in total. The highest BCUT2D eigenvalue weighted by Gasteiger charge is 2.20. The highest BCUT2D eigenvalue weighted by molar-refractivity contribution is 5.96. The Morgan fingerprint density at radius 3 is 2.56 bits per heavy atom. The van der Waals surface area contributed by atoms with E-state index in [1.807, 2.05) is 0 Å². The number of ether oxygens (including phenoxy) is 1. The van der Waals surface area contributed by atoms with Crippen LogP contribution in [0.4, 0.5) is 0 Å². The molecular formula is C12H10N2O4. The number of nitrogens with one attached hydrogen (secondary N) is 1. The smallest absolute Gasteiger partial charge is 0.356 e. The van der Waals surface area contributed by atoms with E-state index in [4.69, 9.17) is 0 Å². The molecule has 1 heterocycles. The zero-order valence-electron chi connectivity index (χ0n) is 9.54.